The summed E-state index contributed by atoms with van der Waals surface area (Å²) in [4.78, 5) is 0. The monoisotopic (exact) mass is 752 g/mol. The molecule has 0 radical (unpaired) electrons. The minimum Gasteiger partial charge on any atom is -0.378 e. The van der Waals surface area contributed by atoms with Crippen LogP contribution in [0.25, 0.3) is 0 Å². The molecule has 6 aliphatic heterocycles. The van der Waals surface area contributed by atoms with E-state index in [0.29, 0.717) is 54.4 Å². The average Bonchev–Trinajstić information content (AvgIpc) is 2.97. The number of hydrogen-bond donors (Lipinski definition) is 0. The van der Waals surface area contributed by atoms with Crippen molar-refractivity contribution in [2.75, 3.05) is 7.11 Å². The Morgan fingerprint density at radius 1 is 0.286 bits per heavy atom. The molecule has 0 amide bonds. The smallest absolute Gasteiger partial charge is 0.378 e. The maximum Gasteiger partial charge on any atom is 0.485 e. The number of rotatable bonds is 10. The van der Waals surface area contributed by atoms with Crippen LogP contribution in [0.4, 0.5) is 0 Å². The van der Waals surface area contributed by atoms with Gasteiger partial charge in [0.1, 0.15) is 0 Å². The van der Waals surface area contributed by atoms with Gasteiger partial charge in [-0.1, -0.05) is 62.3 Å². The molecule has 42 heavy (non-hydrogen) atoms. The van der Waals surface area contributed by atoms with E-state index in [-0.39, 0.29) is 0 Å². The van der Waals surface area contributed by atoms with Gasteiger partial charge < -0.3 is 57.9 Å². The SMILES string of the molecule is CC[Si]1(OC)O[Si]2(CC)O[Si]3(CC)O[Si]4(CC)O[Si](CC)(O1)O[Si]1(CC)O[Si](CC)(O2)O[Si](CC)(O3)O[Si](CC)(O4)O1. The largest absolute Gasteiger partial charge is 0.485 e. The molecule has 6 heterocycles. The van der Waals surface area contributed by atoms with Crippen molar-refractivity contribution in [3.8, 4) is 0 Å². The molecule has 6 aliphatic rings. The van der Waals surface area contributed by atoms with Gasteiger partial charge in [-0.25, -0.2) is 0 Å². The van der Waals surface area contributed by atoms with Crippen molar-refractivity contribution in [1.82, 2.24) is 0 Å². The zero-order valence-corrected chi connectivity index (χ0v) is 35.6. The van der Waals surface area contributed by atoms with E-state index in [1.54, 1.807) is 7.11 Å². The molecule has 0 spiro atoms. The first kappa shape index (κ1) is 34.7. The molecule has 0 aromatic carbocycles. The third-order valence-corrected chi connectivity index (χ3v) is 49.0. The predicted octanol–water partition coefficient (Wildman–Crippen LogP) is 4.55. The Kier molecular flexibility index (Phi) is 9.77. The van der Waals surface area contributed by atoms with Gasteiger partial charge in [0.2, 0.25) is 0 Å². The van der Waals surface area contributed by atoms with Gasteiger partial charge in [-0.2, -0.15) is 0 Å². The van der Waals surface area contributed by atoms with Crippen molar-refractivity contribution in [1.29, 1.82) is 0 Å². The Morgan fingerprint density at radius 3 is 0.571 bits per heavy atom. The van der Waals surface area contributed by atoms with Gasteiger partial charge in [-0.05, 0) is 0 Å². The van der Waals surface area contributed by atoms with E-state index in [1.807, 2.05) is 62.3 Å². The summed E-state index contributed by atoms with van der Waals surface area (Å²) < 4.78 is 99.2. The molecule has 23 heteroatoms. The Bertz CT molecular complexity index is 899. The normalized spacial score (nSPS) is 52.1. The fraction of sp³-hybridized carbons (Fsp3) is 1.00. The highest BCUT2D eigenvalue weighted by molar-refractivity contribution is 7.02. The molecule has 0 aliphatic carbocycles. The molecule has 0 aromatic rings. The summed E-state index contributed by atoms with van der Waals surface area (Å²) in [5.41, 5.74) is 0. The molecule has 0 aromatic heterocycles. The Morgan fingerprint density at radius 2 is 0.452 bits per heavy atom. The summed E-state index contributed by atoms with van der Waals surface area (Å²) in [5.74, 6) is 0. The van der Waals surface area contributed by atoms with E-state index in [9.17, 15) is 0 Å². The van der Waals surface area contributed by atoms with Crippen molar-refractivity contribution in [2.24, 2.45) is 0 Å². The van der Waals surface area contributed by atoms with Gasteiger partial charge >= 0.3 is 79.2 Å². The lowest BCUT2D eigenvalue weighted by atomic mass is 11.0. The molecule has 0 saturated carbocycles. The van der Waals surface area contributed by atoms with E-state index in [0.717, 1.165) is 0 Å². The first-order chi connectivity index (χ1) is 19.8. The van der Waals surface area contributed by atoms with Crippen LogP contribution in [0, 0.1) is 0 Å². The third-order valence-electron chi connectivity index (χ3n) is 8.25. The van der Waals surface area contributed by atoms with Crippen LogP contribution >= 0.6 is 0 Å². The van der Waals surface area contributed by atoms with E-state index in [4.69, 9.17) is 57.9 Å². The van der Waals surface area contributed by atoms with Crippen LogP contribution in [0.2, 0.25) is 54.4 Å². The summed E-state index contributed by atoms with van der Waals surface area (Å²) in [5, 5.41) is 0. The van der Waals surface area contributed by atoms with Crippen molar-refractivity contribution in [2.45, 2.75) is 117 Å². The van der Waals surface area contributed by atoms with Crippen LogP contribution in [0.3, 0.4) is 0 Å². The zero-order valence-electron chi connectivity index (χ0n) is 26.6. The second-order valence-corrected chi connectivity index (χ2v) is 40.5. The maximum atomic E-state index is 7.19. The Labute approximate surface area is 260 Å². The van der Waals surface area contributed by atoms with Gasteiger partial charge in [0.15, 0.2) is 0 Å². The molecule has 14 nitrogen and oxygen atoms in total. The van der Waals surface area contributed by atoms with E-state index < -0.39 is 79.2 Å². The summed E-state index contributed by atoms with van der Waals surface area (Å²) in [6.07, 6.45) is 0. The molecule has 244 valence electrons. The molecule has 8 bridgehead atoms. The molecule has 6 fully saturated rings. The lowest BCUT2D eigenvalue weighted by Crippen LogP contribution is -2.86. The first-order valence-corrected chi connectivity index (χ1v) is 32.9. The van der Waals surface area contributed by atoms with Gasteiger partial charge in [0.05, 0.1) is 0 Å². The van der Waals surface area contributed by atoms with Gasteiger partial charge in [-0.3, -0.25) is 0 Å². The van der Waals surface area contributed by atoms with Crippen molar-refractivity contribution in [3.05, 3.63) is 0 Å². The van der Waals surface area contributed by atoms with E-state index >= 15 is 0 Å². The highest BCUT2D eigenvalue weighted by atomic mass is 28.6. The van der Waals surface area contributed by atoms with Crippen LogP contribution in [0.1, 0.15) is 62.3 Å². The number of hydrogen-bond acceptors (Lipinski definition) is 14. The van der Waals surface area contributed by atoms with Gasteiger partial charge in [-0.15, -0.1) is 0 Å². The molecular formula is C19H48O14Si9. The topological polar surface area (TPSA) is 129 Å². The van der Waals surface area contributed by atoms with Crippen LogP contribution < -0.4 is 0 Å². The molecule has 4 atom stereocenters. The number of fused-ring (bicyclic) bond motifs is 2. The highest BCUT2D eigenvalue weighted by Crippen LogP contribution is 2.52. The minimum atomic E-state index is -3.78. The molecule has 0 N–H and O–H groups in total. The standard InChI is InChI=1S/C19H48O14Si9/c1-11-34(20-10)21-35(12-2)23-37(14-4)27-39(16-6)25-36(13-3,22-34)26-40(17-7)28-38(15-5,24-35)30-41(18-8,29-37)33-42(19-9,31-39)32-40/h11-19H2,1-10H3. The Balaban J connectivity index is 1.94. The summed E-state index contributed by atoms with van der Waals surface area (Å²) in [6.45, 7) is 17.8. The zero-order chi connectivity index (χ0) is 30.8. The molecular weight excluding hydrogens is 705 g/mol. The van der Waals surface area contributed by atoms with Gasteiger partial charge in [0, 0.05) is 61.5 Å². The Hall–Kier alpha value is 1.39. The van der Waals surface area contributed by atoms with Crippen LogP contribution in [0.5, 0.6) is 0 Å². The first-order valence-electron chi connectivity index (χ1n) is 15.5. The molecule has 6 saturated heterocycles. The third kappa shape index (κ3) is 5.64. The maximum absolute atomic E-state index is 7.19. The van der Waals surface area contributed by atoms with Crippen molar-refractivity contribution in [3.63, 3.8) is 0 Å². The minimum absolute atomic E-state index is 0.387. The lowest BCUT2D eigenvalue weighted by molar-refractivity contribution is -0.0212. The van der Waals surface area contributed by atoms with Crippen molar-refractivity contribution >= 4 is 79.2 Å². The quantitative estimate of drug-likeness (QED) is 0.290. The second kappa shape index (κ2) is 11.8. The second-order valence-electron chi connectivity index (χ2n) is 10.9. The summed E-state index contributed by atoms with van der Waals surface area (Å²) >= 11 is 0. The summed E-state index contributed by atoms with van der Waals surface area (Å²) in [6, 6.07) is 3.62. The fourth-order valence-electron chi connectivity index (χ4n) is 5.70. The van der Waals surface area contributed by atoms with Crippen molar-refractivity contribution < 1.29 is 57.9 Å². The molecule has 6 rings (SSSR count). The predicted molar refractivity (Wildman–Crippen MR) is 167 cm³/mol. The van der Waals surface area contributed by atoms with Crippen LogP contribution in [-0.4, -0.2) is 86.3 Å². The van der Waals surface area contributed by atoms with Crippen LogP contribution in [0.15, 0.2) is 0 Å². The average molecular weight is 753 g/mol. The molecule has 4 unspecified atom stereocenters. The lowest BCUT2D eigenvalue weighted by Gasteiger charge is -2.61. The highest BCUT2D eigenvalue weighted by Gasteiger charge is 2.81. The fourth-order valence-corrected chi connectivity index (χ4v) is 59.9. The van der Waals surface area contributed by atoms with E-state index in [2.05, 4.69) is 0 Å². The van der Waals surface area contributed by atoms with Crippen LogP contribution in [-0.2, 0) is 57.9 Å². The van der Waals surface area contributed by atoms with Gasteiger partial charge in [0.25, 0.3) is 0 Å². The van der Waals surface area contributed by atoms with E-state index in [1.165, 1.54) is 0 Å². The summed E-state index contributed by atoms with van der Waals surface area (Å²) in [7, 11) is -31.9.